The average molecular weight is 564 g/mol. The lowest BCUT2D eigenvalue weighted by Crippen LogP contribution is -2.29. The third-order valence-electron chi connectivity index (χ3n) is 5.15. The Bertz CT molecular complexity index is 1220. The molecule has 1 N–H and O–H groups in total. The van der Waals surface area contributed by atoms with E-state index in [1.165, 1.54) is 21.1 Å². The van der Waals surface area contributed by atoms with Gasteiger partial charge in [-0.25, -0.2) is 4.79 Å². The summed E-state index contributed by atoms with van der Waals surface area (Å²) in [7, 11) is 2.56. The summed E-state index contributed by atoms with van der Waals surface area (Å²) in [6.45, 7) is 3.37. The first kappa shape index (κ1) is 30.8. The molecule has 0 fully saturated rings. The molecule has 0 aliphatic carbocycles. The largest absolute Gasteiger partial charge is 0.469 e. The number of benzene rings is 1. The molecule has 14 nitrogen and oxygen atoms in total. The van der Waals surface area contributed by atoms with Gasteiger partial charge >= 0.3 is 22.9 Å². The number of nitro groups is 1. The minimum atomic E-state index is -0.700. The molecule has 2 aromatic rings. The highest BCUT2D eigenvalue weighted by Crippen LogP contribution is 2.33. The standard InChI is InChI=1S/C24H29N5O9S/c1-5-38-24(33)17-13-21(29(34)35)39-20(17)14-25-27-18-7-6-16(12-19(18)26-15(2)30)28(10-8-22(31)36-3)11-9-23(32)37-4/h6-7,12-13H,5,8-11,14H2,1-4H3,(H,26,30). The molecule has 1 amide bonds. The maximum absolute atomic E-state index is 12.2. The zero-order chi connectivity index (χ0) is 28.9. The maximum Gasteiger partial charge on any atom is 0.339 e. The normalized spacial score (nSPS) is 10.7. The Morgan fingerprint density at radius 2 is 1.72 bits per heavy atom. The Morgan fingerprint density at radius 3 is 2.26 bits per heavy atom. The molecule has 0 aliphatic heterocycles. The molecule has 0 bridgehead atoms. The molecular formula is C24H29N5O9S. The number of methoxy groups -OCH3 is 2. The number of carbonyl (C=O) groups excluding carboxylic acids is 4. The number of ether oxygens (including phenoxy) is 3. The molecule has 0 atom stereocenters. The predicted molar refractivity (Wildman–Crippen MR) is 141 cm³/mol. The fraction of sp³-hybridized carbons (Fsp3) is 0.417. The number of nitrogens with zero attached hydrogens (tertiary/aromatic N) is 4. The van der Waals surface area contributed by atoms with E-state index in [4.69, 9.17) is 14.2 Å². The second-order valence-electron chi connectivity index (χ2n) is 7.82. The molecule has 0 saturated carbocycles. The van der Waals surface area contributed by atoms with Crippen LogP contribution in [0.5, 0.6) is 0 Å². The number of esters is 3. The number of azo groups is 1. The molecule has 39 heavy (non-hydrogen) atoms. The summed E-state index contributed by atoms with van der Waals surface area (Å²) < 4.78 is 14.4. The molecule has 2 rings (SSSR count). The van der Waals surface area contributed by atoms with Crippen molar-refractivity contribution in [2.75, 3.05) is 44.1 Å². The summed E-state index contributed by atoms with van der Waals surface area (Å²) >= 11 is 0.792. The Morgan fingerprint density at radius 1 is 1.08 bits per heavy atom. The lowest BCUT2D eigenvalue weighted by atomic mass is 10.2. The van der Waals surface area contributed by atoms with Crippen molar-refractivity contribution in [1.82, 2.24) is 0 Å². The Balaban J connectivity index is 2.35. The Kier molecular flexibility index (Phi) is 11.9. The van der Waals surface area contributed by atoms with E-state index >= 15 is 0 Å². The second kappa shape index (κ2) is 15.1. The lowest BCUT2D eigenvalue weighted by molar-refractivity contribution is -0.380. The smallest absolute Gasteiger partial charge is 0.339 e. The molecule has 0 saturated heterocycles. The van der Waals surface area contributed by atoms with Crippen LogP contribution in [0.3, 0.4) is 0 Å². The van der Waals surface area contributed by atoms with Crippen molar-refractivity contribution in [3.8, 4) is 0 Å². The zero-order valence-electron chi connectivity index (χ0n) is 21.9. The number of hydrogen-bond donors (Lipinski definition) is 1. The van der Waals surface area contributed by atoms with Crippen molar-refractivity contribution in [2.45, 2.75) is 33.2 Å². The van der Waals surface area contributed by atoms with Crippen molar-refractivity contribution in [2.24, 2.45) is 10.2 Å². The number of rotatable bonds is 14. The van der Waals surface area contributed by atoms with Crippen molar-refractivity contribution in [3.63, 3.8) is 0 Å². The molecule has 15 heteroatoms. The van der Waals surface area contributed by atoms with Gasteiger partial charge in [-0.05, 0) is 25.1 Å². The van der Waals surface area contributed by atoms with Crippen LogP contribution in [0.15, 0.2) is 34.5 Å². The summed E-state index contributed by atoms with van der Waals surface area (Å²) in [5, 5.41) is 21.9. The average Bonchev–Trinajstić information content (AvgIpc) is 3.33. The number of nitrogens with one attached hydrogen (secondary N) is 1. The highest BCUT2D eigenvalue weighted by molar-refractivity contribution is 7.15. The molecular weight excluding hydrogens is 534 g/mol. The highest BCUT2D eigenvalue weighted by atomic mass is 32.1. The molecule has 0 unspecified atom stereocenters. The molecule has 0 spiro atoms. The topological polar surface area (TPSA) is 179 Å². The van der Waals surface area contributed by atoms with Crippen LogP contribution in [0, 0.1) is 10.1 Å². The fourth-order valence-corrected chi connectivity index (χ4v) is 4.18. The van der Waals surface area contributed by atoms with Gasteiger partial charge in [0.05, 0.1) is 56.4 Å². The van der Waals surface area contributed by atoms with E-state index in [1.54, 1.807) is 30.0 Å². The lowest BCUT2D eigenvalue weighted by Gasteiger charge is -2.25. The van der Waals surface area contributed by atoms with Gasteiger partial charge in [-0.1, -0.05) is 11.3 Å². The summed E-state index contributed by atoms with van der Waals surface area (Å²) in [6, 6.07) is 6.01. The van der Waals surface area contributed by atoms with Crippen LogP contribution >= 0.6 is 11.3 Å². The quantitative estimate of drug-likeness (QED) is 0.116. The van der Waals surface area contributed by atoms with Crippen LogP contribution in [-0.2, 0) is 35.1 Å². The zero-order valence-corrected chi connectivity index (χ0v) is 22.7. The fourth-order valence-electron chi connectivity index (χ4n) is 3.30. The monoisotopic (exact) mass is 563 g/mol. The molecule has 1 aromatic heterocycles. The highest BCUT2D eigenvalue weighted by Gasteiger charge is 2.22. The van der Waals surface area contributed by atoms with Gasteiger partial charge in [0.1, 0.15) is 5.69 Å². The van der Waals surface area contributed by atoms with Gasteiger partial charge in [0.15, 0.2) is 0 Å². The first-order valence-electron chi connectivity index (χ1n) is 11.7. The molecule has 0 radical (unpaired) electrons. The molecule has 1 heterocycles. The van der Waals surface area contributed by atoms with Crippen LogP contribution < -0.4 is 10.2 Å². The third kappa shape index (κ3) is 9.45. The number of anilines is 2. The minimum absolute atomic E-state index is 0.0387. The maximum atomic E-state index is 12.2. The molecule has 1 aromatic carbocycles. The summed E-state index contributed by atoms with van der Waals surface area (Å²) in [5.41, 5.74) is 1.20. The van der Waals surface area contributed by atoms with Crippen LogP contribution in [0.1, 0.15) is 41.9 Å². The van der Waals surface area contributed by atoms with E-state index in [0.717, 1.165) is 17.4 Å². The van der Waals surface area contributed by atoms with E-state index in [2.05, 4.69) is 15.5 Å². The van der Waals surface area contributed by atoms with Gasteiger partial charge in [0.25, 0.3) is 0 Å². The van der Waals surface area contributed by atoms with E-state index in [-0.39, 0.29) is 61.2 Å². The van der Waals surface area contributed by atoms with Crippen molar-refractivity contribution in [3.05, 3.63) is 44.8 Å². The van der Waals surface area contributed by atoms with Gasteiger partial charge in [-0.2, -0.15) is 10.2 Å². The van der Waals surface area contributed by atoms with Crippen LogP contribution in [0.4, 0.5) is 22.1 Å². The number of thiophene rings is 1. The van der Waals surface area contributed by atoms with Crippen LogP contribution in [0.2, 0.25) is 0 Å². The van der Waals surface area contributed by atoms with Gasteiger partial charge in [-0.15, -0.1) is 0 Å². The minimum Gasteiger partial charge on any atom is -0.469 e. The number of amides is 1. The predicted octanol–water partition coefficient (Wildman–Crippen LogP) is 4.01. The summed E-state index contributed by atoms with van der Waals surface area (Å²) in [4.78, 5) is 60.1. The second-order valence-corrected chi connectivity index (χ2v) is 8.94. The summed E-state index contributed by atoms with van der Waals surface area (Å²) in [6.07, 6.45) is 0.120. The van der Waals surface area contributed by atoms with Crippen LogP contribution in [0.25, 0.3) is 0 Å². The number of hydrogen-bond acceptors (Lipinski definition) is 13. The van der Waals surface area contributed by atoms with E-state index in [0.29, 0.717) is 16.3 Å². The van der Waals surface area contributed by atoms with Crippen molar-refractivity contribution in [1.29, 1.82) is 0 Å². The van der Waals surface area contributed by atoms with E-state index in [1.807, 2.05) is 0 Å². The van der Waals surface area contributed by atoms with E-state index < -0.39 is 22.8 Å². The van der Waals surface area contributed by atoms with Gasteiger partial charge < -0.3 is 24.4 Å². The van der Waals surface area contributed by atoms with Gasteiger partial charge in [-0.3, -0.25) is 24.5 Å². The molecule has 0 aliphatic rings. The first-order chi connectivity index (χ1) is 18.6. The van der Waals surface area contributed by atoms with E-state index in [9.17, 15) is 29.3 Å². The number of carbonyl (C=O) groups is 4. The molecule has 210 valence electrons. The first-order valence-corrected chi connectivity index (χ1v) is 12.5. The summed E-state index contributed by atoms with van der Waals surface area (Å²) in [5.74, 6) is -1.93. The van der Waals surface area contributed by atoms with Gasteiger partial charge in [0, 0.05) is 36.6 Å². The SMILES string of the molecule is CCOC(=O)c1cc([N+](=O)[O-])sc1CN=Nc1ccc(N(CCC(=O)OC)CCC(=O)OC)cc1NC(C)=O. The van der Waals surface area contributed by atoms with Crippen LogP contribution in [-0.4, -0.2) is 62.7 Å². The van der Waals surface area contributed by atoms with Crippen molar-refractivity contribution >= 4 is 57.2 Å². The Labute approximate surface area is 228 Å². The third-order valence-corrected chi connectivity index (χ3v) is 6.22. The van der Waals surface area contributed by atoms with Crippen molar-refractivity contribution < 1.29 is 38.3 Å². The van der Waals surface area contributed by atoms with Gasteiger partial charge in [0.2, 0.25) is 5.91 Å². The Hall–Kier alpha value is -4.40.